The van der Waals surface area contributed by atoms with Crippen molar-refractivity contribution in [2.75, 3.05) is 0 Å². The molecule has 1 aromatic carbocycles. The van der Waals surface area contributed by atoms with Gasteiger partial charge in [0.2, 0.25) is 0 Å². The number of furan rings is 1. The van der Waals surface area contributed by atoms with Gasteiger partial charge in [-0.05, 0) is 53.2 Å². The molecule has 8 nitrogen and oxygen atoms in total. The third kappa shape index (κ3) is 3.01. The molecule has 0 spiro atoms. The second kappa shape index (κ2) is 6.85. The summed E-state index contributed by atoms with van der Waals surface area (Å²) in [5, 5.41) is 11.0. The van der Waals surface area contributed by atoms with Crippen LogP contribution in [0.2, 0.25) is 0 Å². The minimum atomic E-state index is -0.416. The van der Waals surface area contributed by atoms with Crippen LogP contribution >= 0.6 is 27.3 Å². The zero-order valence-corrected chi connectivity index (χ0v) is 17.7. The second-order valence-electron chi connectivity index (χ2n) is 6.60. The van der Waals surface area contributed by atoms with Gasteiger partial charge < -0.3 is 4.42 Å². The molecular formula is C20H11BrN4O4S. The molecule has 4 aromatic heterocycles. The van der Waals surface area contributed by atoms with Crippen LogP contribution in [-0.4, -0.2) is 19.3 Å². The standard InChI is InChI=1S/C20H11BrN4O4S/c1-10-6-11(2-4-15(10)25(27)28)16-5-3-13(29-16)8-17-19(26)24-18-14(23-20(24)30-17)7-12(21)9-22-18/h2-9H,1H3/b17-8-. The van der Waals surface area contributed by atoms with E-state index in [1.807, 2.05) is 6.07 Å². The molecule has 0 radical (unpaired) electrons. The molecule has 0 aliphatic heterocycles. The number of thiazole rings is 1. The Balaban J connectivity index is 1.56. The molecular weight excluding hydrogens is 472 g/mol. The Hall–Kier alpha value is -3.37. The van der Waals surface area contributed by atoms with Gasteiger partial charge in [-0.1, -0.05) is 11.3 Å². The molecule has 0 aliphatic rings. The van der Waals surface area contributed by atoms with E-state index in [9.17, 15) is 14.9 Å². The van der Waals surface area contributed by atoms with E-state index in [4.69, 9.17) is 4.42 Å². The first-order chi connectivity index (χ1) is 14.4. The van der Waals surface area contributed by atoms with Crippen molar-refractivity contribution in [3.63, 3.8) is 0 Å². The molecule has 4 heterocycles. The van der Waals surface area contributed by atoms with Gasteiger partial charge in [-0.25, -0.2) is 14.4 Å². The van der Waals surface area contributed by atoms with Crippen molar-refractivity contribution in [3.05, 3.63) is 83.4 Å². The van der Waals surface area contributed by atoms with E-state index in [0.29, 0.717) is 37.7 Å². The molecule has 10 heteroatoms. The van der Waals surface area contributed by atoms with Crippen LogP contribution < -0.4 is 10.1 Å². The van der Waals surface area contributed by atoms with Gasteiger partial charge in [0.25, 0.3) is 11.2 Å². The van der Waals surface area contributed by atoms with Gasteiger partial charge in [0.15, 0.2) is 10.6 Å². The molecule has 0 N–H and O–H groups in total. The molecule has 0 bridgehead atoms. The lowest BCUT2D eigenvalue weighted by Gasteiger charge is -2.00. The highest BCUT2D eigenvalue weighted by Crippen LogP contribution is 2.27. The third-order valence-electron chi connectivity index (χ3n) is 4.63. The summed E-state index contributed by atoms with van der Waals surface area (Å²) in [4.78, 5) is 32.8. The number of rotatable bonds is 3. The first-order valence-electron chi connectivity index (χ1n) is 8.74. The van der Waals surface area contributed by atoms with Crippen molar-refractivity contribution in [2.45, 2.75) is 6.92 Å². The van der Waals surface area contributed by atoms with Crippen molar-refractivity contribution in [2.24, 2.45) is 0 Å². The van der Waals surface area contributed by atoms with Crippen molar-refractivity contribution in [3.8, 4) is 11.3 Å². The lowest BCUT2D eigenvalue weighted by molar-refractivity contribution is -0.385. The van der Waals surface area contributed by atoms with Crippen LogP contribution in [0, 0.1) is 17.0 Å². The highest BCUT2D eigenvalue weighted by atomic mass is 79.9. The molecule has 0 saturated heterocycles. The second-order valence-corrected chi connectivity index (χ2v) is 8.53. The Morgan fingerprint density at radius 1 is 1.27 bits per heavy atom. The fraction of sp³-hybridized carbons (Fsp3) is 0.0500. The topological polar surface area (TPSA) is 104 Å². The first kappa shape index (κ1) is 18.6. The summed E-state index contributed by atoms with van der Waals surface area (Å²) in [5.41, 5.74) is 2.27. The van der Waals surface area contributed by atoms with Crippen LogP contribution in [-0.2, 0) is 0 Å². The summed E-state index contributed by atoms with van der Waals surface area (Å²) in [6.45, 7) is 1.68. The summed E-state index contributed by atoms with van der Waals surface area (Å²) in [7, 11) is 0. The Morgan fingerprint density at radius 3 is 2.87 bits per heavy atom. The van der Waals surface area contributed by atoms with Crippen molar-refractivity contribution in [1.29, 1.82) is 0 Å². The van der Waals surface area contributed by atoms with E-state index >= 15 is 0 Å². The van der Waals surface area contributed by atoms with Gasteiger partial charge in [-0.2, -0.15) is 0 Å². The smallest absolute Gasteiger partial charge is 0.276 e. The average Bonchev–Trinajstić information content (AvgIpc) is 3.37. The summed E-state index contributed by atoms with van der Waals surface area (Å²) >= 11 is 4.61. The van der Waals surface area contributed by atoms with Crippen LogP contribution in [0.15, 0.2) is 56.3 Å². The minimum absolute atomic E-state index is 0.0582. The minimum Gasteiger partial charge on any atom is -0.457 e. The van der Waals surface area contributed by atoms with Gasteiger partial charge in [0.05, 0.1) is 4.92 Å². The maximum Gasteiger partial charge on any atom is 0.276 e. The monoisotopic (exact) mass is 482 g/mol. The van der Waals surface area contributed by atoms with Crippen molar-refractivity contribution < 1.29 is 9.34 Å². The van der Waals surface area contributed by atoms with Crippen LogP contribution in [0.1, 0.15) is 11.3 Å². The predicted octanol–water partition coefficient (Wildman–Crippen LogP) is 4.09. The maximum atomic E-state index is 12.9. The SMILES string of the molecule is Cc1cc(-c2ccc(/C=c3\sc4nc5cc(Br)cnc5n4c3=O)o2)ccc1[N+](=O)[O-]. The number of benzene rings is 1. The normalized spacial score (nSPS) is 12.3. The number of aryl methyl sites for hydroxylation is 1. The largest absolute Gasteiger partial charge is 0.457 e. The zero-order chi connectivity index (χ0) is 21.0. The maximum absolute atomic E-state index is 12.9. The highest BCUT2D eigenvalue weighted by molar-refractivity contribution is 9.10. The molecule has 0 fully saturated rings. The highest BCUT2D eigenvalue weighted by Gasteiger charge is 2.14. The first-order valence-corrected chi connectivity index (χ1v) is 10.3. The fourth-order valence-electron chi connectivity index (χ4n) is 3.24. The number of fused-ring (bicyclic) bond motifs is 3. The predicted molar refractivity (Wildman–Crippen MR) is 117 cm³/mol. The van der Waals surface area contributed by atoms with Gasteiger partial charge in [-0.15, -0.1) is 0 Å². The van der Waals surface area contributed by atoms with Gasteiger partial charge >= 0.3 is 0 Å². The molecule has 30 heavy (non-hydrogen) atoms. The number of nitro groups is 1. The molecule has 0 amide bonds. The van der Waals surface area contributed by atoms with E-state index in [0.717, 1.165) is 10.0 Å². The fourth-order valence-corrected chi connectivity index (χ4v) is 4.52. The number of aromatic nitrogens is 3. The summed E-state index contributed by atoms with van der Waals surface area (Å²) in [6, 6.07) is 10.1. The molecule has 148 valence electrons. The Bertz CT molecular complexity index is 1580. The lowest BCUT2D eigenvalue weighted by Crippen LogP contribution is -2.22. The van der Waals surface area contributed by atoms with Crippen LogP contribution in [0.3, 0.4) is 0 Å². The summed E-state index contributed by atoms with van der Waals surface area (Å²) in [5.74, 6) is 1.06. The summed E-state index contributed by atoms with van der Waals surface area (Å²) < 4.78 is 8.61. The number of nitro benzene ring substituents is 1. The Labute approximate surface area is 180 Å². The number of pyridine rings is 1. The molecule has 0 aliphatic carbocycles. The van der Waals surface area contributed by atoms with Crippen LogP contribution in [0.25, 0.3) is 33.5 Å². The number of imidazole rings is 1. The summed E-state index contributed by atoms with van der Waals surface area (Å²) in [6.07, 6.45) is 3.29. The van der Waals surface area contributed by atoms with Gasteiger partial charge in [-0.3, -0.25) is 14.9 Å². The Morgan fingerprint density at radius 2 is 2.10 bits per heavy atom. The molecule has 5 rings (SSSR count). The molecule has 0 unspecified atom stereocenters. The van der Waals surface area contributed by atoms with Crippen molar-refractivity contribution in [1.82, 2.24) is 14.4 Å². The van der Waals surface area contributed by atoms with E-state index < -0.39 is 4.92 Å². The zero-order valence-electron chi connectivity index (χ0n) is 15.3. The van der Waals surface area contributed by atoms with Gasteiger partial charge in [0, 0.05) is 33.9 Å². The molecule has 0 saturated carbocycles. The van der Waals surface area contributed by atoms with E-state index in [1.165, 1.54) is 21.8 Å². The number of nitrogens with zero attached hydrogens (tertiary/aromatic N) is 4. The van der Waals surface area contributed by atoms with E-state index in [1.54, 1.807) is 43.5 Å². The number of hydrogen-bond donors (Lipinski definition) is 0. The third-order valence-corrected chi connectivity index (χ3v) is 6.03. The van der Waals surface area contributed by atoms with E-state index in [-0.39, 0.29) is 11.2 Å². The van der Waals surface area contributed by atoms with E-state index in [2.05, 4.69) is 25.9 Å². The number of halogens is 1. The van der Waals surface area contributed by atoms with Crippen LogP contribution in [0.5, 0.6) is 0 Å². The quantitative estimate of drug-likeness (QED) is 0.283. The van der Waals surface area contributed by atoms with Gasteiger partial charge in [0.1, 0.15) is 21.6 Å². The Kier molecular flexibility index (Phi) is 4.26. The number of hydrogen-bond acceptors (Lipinski definition) is 7. The van der Waals surface area contributed by atoms with Crippen LogP contribution in [0.4, 0.5) is 5.69 Å². The molecule has 5 aromatic rings. The van der Waals surface area contributed by atoms with Crippen molar-refractivity contribution >= 4 is 55.2 Å². The molecule has 0 atom stereocenters. The average molecular weight is 483 g/mol. The lowest BCUT2D eigenvalue weighted by atomic mass is 10.1.